The van der Waals surface area contributed by atoms with Crippen LogP contribution in [0, 0.1) is 0 Å². The van der Waals surface area contributed by atoms with Gasteiger partial charge in [-0.05, 0) is 22.9 Å². The fourth-order valence-electron chi connectivity index (χ4n) is 2.18. The van der Waals surface area contributed by atoms with Gasteiger partial charge in [0.1, 0.15) is 0 Å². The summed E-state index contributed by atoms with van der Waals surface area (Å²) in [6.07, 6.45) is -8.80. The van der Waals surface area contributed by atoms with Gasteiger partial charge in [0.2, 0.25) is 5.72 Å². The summed E-state index contributed by atoms with van der Waals surface area (Å²) < 4.78 is 64.5. The zero-order valence-electron chi connectivity index (χ0n) is 11.7. The van der Waals surface area contributed by atoms with Crippen molar-refractivity contribution in [3.63, 3.8) is 0 Å². The van der Waals surface area contributed by atoms with Crippen LogP contribution in [0.3, 0.4) is 0 Å². The van der Waals surface area contributed by atoms with E-state index < -0.39 is 46.5 Å². The number of nitrogens with zero attached hydrogens (tertiary/aromatic N) is 4. The minimum Gasteiger partial charge on any atom is -0.364 e. The minimum atomic E-state index is -4.82. The second-order valence-electron chi connectivity index (χ2n) is 4.94. The molecule has 12 heteroatoms. The molecule has 0 aliphatic carbocycles. The van der Waals surface area contributed by atoms with Gasteiger partial charge in [-0.3, -0.25) is 9.48 Å². The first kappa shape index (κ1) is 17.8. The third kappa shape index (κ3) is 2.84. The molecule has 0 saturated heterocycles. The van der Waals surface area contributed by atoms with Crippen molar-refractivity contribution in [2.75, 3.05) is 0 Å². The van der Waals surface area contributed by atoms with Crippen molar-refractivity contribution in [1.29, 1.82) is 0 Å². The van der Waals surface area contributed by atoms with E-state index >= 15 is 0 Å². The van der Waals surface area contributed by atoms with E-state index in [1.165, 1.54) is 6.92 Å². The van der Waals surface area contributed by atoms with Gasteiger partial charge in [0, 0.05) is 19.2 Å². The molecule has 1 aliphatic heterocycles. The number of hydrogen-bond donors (Lipinski definition) is 1. The molecule has 0 bridgehead atoms. The summed E-state index contributed by atoms with van der Waals surface area (Å²) in [6.45, 7) is 1.30. The molecule has 1 unspecified atom stereocenters. The Hall–Kier alpha value is -1.56. The van der Waals surface area contributed by atoms with Crippen LogP contribution in [-0.2, 0) is 13.2 Å². The number of alkyl halides is 5. The maximum absolute atomic E-state index is 13.1. The van der Waals surface area contributed by atoms with Crippen LogP contribution in [0.2, 0.25) is 0 Å². The van der Waals surface area contributed by atoms with E-state index in [2.05, 4.69) is 26.1 Å². The molecule has 23 heavy (non-hydrogen) atoms. The predicted molar refractivity (Wildman–Crippen MR) is 70.8 cm³/mol. The van der Waals surface area contributed by atoms with E-state index in [0.29, 0.717) is 4.68 Å². The van der Waals surface area contributed by atoms with Crippen LogP contribution in [0.5, 0.6) is 0 Å². The lowest BCUT2D eigenvalue weighted by Gasteiger charge is -2.29. The van der Waals surface area contributed by atoms with E-state index in [4.69, 9.17) is 0 Å². The highest BCUT2D eigenvalue weighted by atomic mass is 79.9. The van der Waals surface area contributed by atoms with E-state index in [0.717, 1.165) is 7.05 Å². The molecule has 0 spiro atoms. The van der Waals surface area contributed by atoms with Gasteiger partial charge in [0.05, 0.1) is 4.47 Å². The third-order valence-electron chi connectivity index (χ3n) is 3.16. The number of carbonyl (C=O) groups excluding carboxylic acids is 1. The zero-order valence-corrected chi connectivity index (χ0v) is 13.3. The van der Waals surface area contributed by atoms with Gasteiger partial charge in [-0.15, -0.1) is 0 Å². The maximum Gasteiger partial charge on any atom is 0.434 e. The number of aromatic nitrogens is 2. The largest absolute Gasteiger partial charge is 0.434 e. The average Bonchev–Trinajstić information content (AvgIpc) is 2.85. The van der Waals surface area contributed by atoms with Crippen LogP contribution in [-0.4, -0.2) is 43.7 Å². The smallest absolute Gasteiger partial charge is 0.364 e. The standard InChI is InChI=1S/C11H10BrF5N4O2/c1-4-3-10(23,9(13)14)21(18-4)8(22)6-5(12)7(11(15,16)17)20(2)19-6/h9,23H,3H2,1-2H3. The Kier molecular flexibility index (Phi) is 4.26. The van der Waals surface area contributed by atoms with Gasteiger partial charge in [0.15, 0.2) is 11.4 Å². The highest BCUT2D eigenvalue weighted by Gasteiger charge is 2.52. The molecule has 128 valence electrons. The van der Waals surface area contributed by atoms with Crippen molar-refractivity contribution in [2.24, 2.45) is 12.1 Å². The third-order valence-corrected chi connectivity index (χ3v) is 3.91. The van der Waals surface area contributed by atoms with Gasteiger partial charge >= 0.3 is 6.18 Å². The Morgan fingerprint density at radius 2 is 2.00 bits per heavy atom. The molecule has 2 heterocycles. The van der Waals surface area contributed by atoms with Crippen LogP contribution >= 0.6 is 15.9 Å². The number of aliphatic hydroxyl groups is 1. The molecule has 1 N–H and O–H groups in total. The number of rotatable bonds is 2. The topological polar surface area (TPSA) is 70.7 Å². The lowest BCUT2D eigenvalue weighted by molar-refractivity contribution is -0.164. The van der Waals surface area contributed by atoms with Gasteiger partial charge in [0.25, 0.3) is 12.3 Å². The Labute approximate surface area is 134 Å². The first-order valence-corrected chi connectivity index (χ1v) is 6.87. The van der Waals surface area contributed by atoms with Crippen LogP contribution in [0.4, 0.5) is 22.0 Å². The van der Waals surface area contributed by atoms with Crippen molar-refractivity contribution in [3.8, 4) is 0 Å². The second kappa shape index (κ2) is 5.51. The summed E-state index contributed by atoms with van der Waals surface area (Å²) >= 11 is 2.61. The number of hydrogen-bond acceptors (Lipinski definition) is 4. The van der Waals surface area contributed by atoms with Crippen LogP contribution in [0.1, 0.15) is 29.5 Å². The summed E-state index contributed by atoms with van der Waals surface area (Å²) in [5.41, 5.74) is -4.93. The molecular formula is C11H10BrF5N4O2. The summed E-state index contributed by atoms with van der Waals surface area (Å²) in [7, 11) is 0.947. The molecule has 1 atom stereocenters. The summed E-state index contributed by atoms with van der Waals surface area (Å²) in [5, 5.41) is 16.9. The van der Waals surface area contributed by atoms with Crippen LogP contribution in [0.25, 0.3) is 0 Å². The second-order valence-corrected chi connectivity index (χ2v) is 5.73. The van der Waals surface area contributed by atoms with Crippen LogP contribution in [0.15, 0.2) is 9.57 Å². The van der Waals surface area contributed by atoms with E-state index in [9.17, 15) is 31.9 Å². The molecule has 1 aromatic heterocycles. The highest BCUT2D eigenvalue weighted by molar-refractivity contribution is 9.10. The van der Waals surface area contributed by atoms with Crippen molar-refractivity contribution in [3.05, 3.63) is 15.9 Å². The lowest BCUT2D eigenvalue weighted by Crippen LogP contribution is -2.51. The first-order valence-electron chi connectivity index (χ1n) is 6.08. The van der Waals surface area contributed by atoms with Gasteiger partial charge in [-0.1, -0.05) is 0 Å². The Bertz CT molecular complexity index is 687. The van der Waals surface area contributed by atoms with Gasteiger partial charge in [-0.25, -0.2) is 8.78 Å². The minimum absolute atomic E-state index is 0.0317. The molecule has 0 radical (unpaired) electrons. The summed E-state index contributed by atoms with van der Waals surface area (Å²) in [6, 6.07) is 0. The Morgan fingerprint density at radius 3 is 2.43 bits per heavy atom. The molecule has 0 aromatic carbocycles. The maximum atomic E-state index is 13.1. The van der Waals surface area contributed by atoms with E-state index in [-0.39, 0.29) is 10.7 Å². The number of amides is 1. The van der Waals surface area contributed by atoms with E-state index in [1.54, 1.807) is 0 Å². The summed E-state index contributed by atoms with van der Waals surface area (Å²) in [4.78, 5) is 12.3. The highest BCUT2D eigenvalue weighted by Crippen LogP contribution is 2.38. The van der Waals surface area contributed by atoms with Crippen molar-refractivity contribution in [1.82, 2.24) is 14.8 Å². The monoisotopic (exact) mass is 404 g/mol. The summed E-state index contributed by atoms with van der Waals surface area (Å²) in [5.74, 6) is -1.37. The molecule has 6 nitrogen and oxygen atoms in total. The van der Waals surface area contributed by atoms with Crippen LogP contribution < -0.4 is 0 Å². The SMILES string of the molecule is CC1=NN(C(=O)c2nn(C)c(C(F)(F)F)c2Br)C(O)(C(F)F)C1. The molecule has 0 saturated carbocycles. The quantitative estimate of drug-likeness (QED) is 0.769. The number of carbonyl (C=O) groups is 1. The van der Waals surface area contributed by atoms with Crippen molar-refractivity contribution < 1.29 is 31.9 Å². The molecule has 0 fully saturated rings. The number of hydrazone groups is 1. The Morgan fingerprint density at radius 1 is 1.43 bits per heavy atom. The Balaban J connectivity index is 2.50. The van der Waals surface area contributed by atoms with Crippen molar-refractivity contribution in [2.45, 2.75) is 31.7 Å². The lowest BCUT2D eigenvalue weighted by atomic mass is 10.1. The van der Waals surface area contributed by atoms with Crippen molar-refractivity contribution >= 4 is 27.5 Å². The number of halogens is 6. The number of aryl methyl sites for hydroxylation is 1. The first-order chi connectivity index (χ1) is 10.4. The molecule has 2 rings (SSSR count). The van der Waals surface area contributed by atoms with Gasteiger partial charge < -0.3 is 5.11 Å². The van der Waals surface area contributed by atoms with Gasteiger partial charge in [-0.2, -0.15) is 28.4 Å². The molecule has 1 aliphatic rings. The average molecular weight is 405 g/mol. The van der Waals surface area contributed by atoms with E-state index in [1.807, 2.05) is 0 Å². The molecular weight excluding hydrogens is 395 g/mol. The molecule has 1 amide bonds. The fourth-order valence-corrected chi connectivity index (χ4v) is 2.91. The normalized spacial score (nSPS) is 22.0. The predicted octanol–water partition coefficient (Wildman–Crippen LogP) is 2.38. The molecule has 1 aromatic rings. The zero-order chi connectivity index (χ0) is 17.7. The fraction of sp³-hybridized carbons (Fsp3) is 0.545.